The maximum atomic E-state index is 11.8. The summed E-state index contributed by atoms with van der Waals surface area (Å²) in [5, 5.41) is 9.55. The summed E-state index contributed by atoms with van der Waals surface area (Å²) in [6.45, 7) is 1.57. The number of aryl methyl sites for hydroxylation is 1. The van der Waals surface area contributed by atoms with E-state index >= 15 is 0 Å². The molecule has 2 rings (SSSR count). The first-order valence-corrected chi connectivity index (χ1v) is 5.47. The minimum absolute atomic E-state index is 0.0809. The van der Waals surface area contributed by atoms with E-state index in [4.69, 9.17) is 22.6 Å². The molecule has 0 bridgehead atoms. The lowest BCUT2D eigenvalue weighted by molar-refractivity contribution is 0.900. The third kappa shape index (κ3) is 1.94. The average Bonchev–Trinajstić information content (AvgIpc) is 2.31. The predicted octanol–water partition coefficient (Wildman–Crippen LogP) is 1.65. The number of nitrogens with two attached hydrogens (primary N) is 1. The third-order valence-electron chi connectivity index (χ3n) is 2.51. The maximum Gasteiger partial charge on any atom is 0.354 e. The summed E-state index contributed by atoms with van der Waals surface area (Å²) >= 11 is 5.78. The van der Waals surface area contributed by atoms with Gasteiger partial charge >= 0.3 is 5.69 Å². The van der Waals surface area contributed by atoms with Gasteiger partial charge in [0.05, 0.1) is 11.4 Å². The Morgan fingerprint density at radius 2 is 2.00 bits per heavy atom. The van der Waals surface area contributed by atoms with Gasteiger partial charge in [-0.25, -0.2) is 9.36 Å². The van der Waals surface area contributed by atoms with Crippen LogP contribution in [0.4, 0.5) is 5.82 Å². The summed E-state index contributed by atoms with van der Waals surface area (Å²) in [6, 6.07) is 8.48. The molecule has 90 valence electrons. The minimum Gasteiger partial charge on any atom is -0.384 e. The lowest BCUT2D eigenvalue weighted by Crippen LogP contribution is -2.26. The number of rotatable bonds is 1. The van der Waals surface area contributed by atoms with E-state index in [1.165, 1.54) is 4.57 Å². The summed E-state index contributed by atoms with van der Waals surface area (Å²) in [5.74, 6) is 0.0809. The van der Waals surface area contributed by atoms with Gasteiger partial charge < -0.3 is 5.73 Å². The van der Waals surface area contributed by atoms with Crippen LogP contribution in [0.2, 0.25) is 5.02 Å². The fourth-order valence-corrected chi connectivity index (χ4v) is 1.75. The van der Waals surface area contributed by atoms with Crippen LogP contribution in [0.15, 0.2) is 29.1 Å². The standard InChI is InChI=1S/C12H9ClN4O/c1-7-10(6-14)11(15)17(12(18)16-7)9-4-2-8(13)3-5-9/h2-5H,15H2,1H3. The summed E-state index contributed by atoms with van der Waals surface area (Å²) in [6.07, 6.45) is 0. The molecule has 5 nitrogen and oxygen atoms in total. The molecule has 2 aromatic rings. The van der Waals surface area contributed by atoms with E-state index in [0.717, 1.165) is 0 Å². The first-order chi connectivity index (χ1) is 8.54. The van der Waals surface area contributed by atoms with Crippen molar-refractivity contribution < 1.29 is 0 Å². The number of halogens is 1. The molecule has 0 aliphatic heterocycles. The SMILES string of the molecule is Cc1nc(=O)n(-c2ccc(Cl)cc2)c(N)c1C#N. The normalized spacial score (nSPS) is 10.1. The van der Waals surface area contributed by atoms with E-state index in [1.54, 1.807) is 31.2 Å². The Morgan fingerprint density at radius 3 is 2.56 bits per heavy atom. The number of hydrogen-bond acceptors (Lipinski definition) is 4. The zero-order valence-electron chi connectivity index (χ0n) is 9.51. The number of nitrogen functional groups attached to an aromatic ring is 1. The van der Waals surface area contributed by atoms with Crippen LogP contribution in [-0.2, 0) is 0 Å². The van der Waals surface area contributed by atoms with Crippen LogP contribution in [0.3, 0.4) is 0 Å². The van der Waals surface area contributed by atoms with Crippen molar-refractivity contribution in [3.63, 3.8) is 0 Å². The lowest BCUT2D eigenvalue weighted by atomic mass is 10.2. The molecule has 0 aliphatic carbocycles. The van der Waals surface area contributed by atoms with Gasteiger partial charge in [-0.2, -0.15) is 10.2 Å². The Balaban J connectivity index is 2.76. The van der Waals surface area contributed by atoms with E-state index in [0.29, 0.717) is 16.4 Å². The number of nitriles is 1. The Kier molecular flexibility index (Phi) is 3.04. The number of benzene rings is 1. The molecule has 0 atom stereocenters. The highest BCUT2D eigenvalue weighted by Crippen LogP contribution is 2.17. The second-order valence-corrected chi connectivity index (χ2v) is 4.10. The largest absolute Gasteiger partial charge is 0.384 e. The van der Waals surface area contributed by atoms with Crippen molar-refractivity contribution in [2.75, 3.05) is 5.73 Å². The van der Waals surface area contributed by atoms with Crippen molar-refractivity contribution >= 4 is 17.4 Å². The summed E-state index contributed by atoms with van der Waals surface area (Å²) in [5.41, 5.74) is 6.35. The van der Waals surface area contributed by atoms with Crippen molar-refractivity contribution in [3.05, 3.63) is 51.0 Å². The minimum atomic E-state index is -0.522. The van der Waals surface area contributed by atoms with Crippen molar-refractivity contribution in [2.24, 2.45) is 0 Å². The molecule has 0 aliphatic rings. The molecule has 0 amide bonds. The van der Waals surface area contributed by atoms with Crippen LogP contribution < -0.4 is 11.4 Å². The predicted molar refractivity (Wildman–Crippen MR) is 68.7 cm³/mol. The van der Waals surface area contributed by atoms with Crippen molar-refractivity contribution in [2.45, 2.75) is 6.92 Å². The van der Waals surface area contributed by atoms with Crippen LogP contribution in [0.1, 0.15) is 11.3 Å². The highest BCUT2D eigenvalue weighted by Gasteiger charge is 2.13. The molecule has 1 heterocycles. The smallest absolute Gasteiger partial charge is 0.354 e. The van der Waals surface area contributed by atoms with Gasteiger partial charge in [-0.3, -0.25) is 0 Å². The first-order valence-electron chi connectivity index (χ1n) is 5.09. The highest BCUT2D eigenvalue weighted by atomic mass is 35.5. The number of nitrogens with zero attached hydrogens (tertiary/aromatic N) is 3. The molecule has 0 saturated carbocycles. The second-order valence-electron chi connectivity index (χ2n) is 3.66. The van der Waals surface area contributed by atoms with Gasteiger partial charge in [-0.05, 0) is 31.2 Å². The van der Waals surface area contributed by atoms with Crippen LogP contribution >= 0.6 is 11.6 Å². The molecular formula is C12H9ClN4O. The van der Waals surface area contributed by atoms with Crippen LogP contribution in [0.25, 0.3) is 5.69 Å². The fraction of sp³-hybridized carbons (Fsp3) is 0.0833. The quantitative estimate of drug-likeness (QED) is 0.845. The van der Waals surface area contributed by atoms with E-state index in [2.05, 4.69) is 4.98 Å². The molecule has 1 aromatic carbocycles. The zero-order chi connectivity index (χ0) is 13.3. The van der Waals surface area contributed by atoms with Crippen LogP contribution in [0.5, 0.6) is 0 Å². The van der Waals surface area contributed by atoms with E-state index in [1.807, 2.05) is 6.07 Å². The van der Waals surface area contributed by atoms with Gasteiger partial charge in [-0.1, -0.05) is 11.6 Å². The summed E-state index contributed by atoms with van der Waals surface area (Å²) in [4.78, 5) is 15.6. The Labute approximate surface area is 108 Å². The Morgan fingerprint density at radius 1 is 1.39 bits per heavy atom. The van der Waals surface area contributed by atoms with Gasteiger partial charge in [0.1, 0.15) is 17.5 Å². The topological polar surface area (TPSA) is 84.7 Å². The molecule has 0 saturated heterocycles. The molecule has 2 N–H and O–H groups in total. The summed E-state index contributed by atoms with van der Waals surface area (Å²) < 4.78 is 1.18. The van der Waals surface area contributed by atoms with Crippen LogP contribution in [0, 0.1) is 18.3 Å². The molecule has 1 aromatic heterocycles. The monoisotopic (exact) mass is 260 g/mol. The fourth-order valence-electron chi connectivity index (χ4n) is 1.63. The Hall–Kier alpha value is -2.32. The van der Waals surface area contributed by atoms with Crippen molar-refractivity contribution in [1.29, 1.82) is 5.26 Å². The third-order valence-corrected chi connectivity index (χ3v) is 2.76. The molecule has 6 heteroatoms. The average molecular weight is 261 g/mol. The van der Waals surface area contributed by atoms with Gasteiger partial charge in [0.25, 0.3) is 0 Å². The molecule has 0 fully saturated rings. The number of anilines is 1. The molecule has 0 spiro atoms. The first kappa shape index (κ1) is 12.1. The molecule has 0 unspecified atom stereocenters. The van der Waals surface area contributed by atoms with Crippen LogP contribution in [-0.4, -0.2) is 9.55 Å². The van der Waals surface area contributed by atoms with Crippen molar-refractivity contribution in [1.82, 2.24) is 9.55 Å². The van der Waals surface area contributed by atoms with E-state index < -0.39 is 5.69 Å². The molecular weight excluding hydrogens is 252 g/mol. The van der Waals surface area contributed by atoms with Gasteiger partial charge in [0.15, 0.2) is 0 Å². The Bertz CT molecular complexity index is 698. The van der Waals surface area contributed by atoms with E-state index in [9.17, 15) is 4.79 Å². The van der Waals surface area contributed by atoms with Gasteiger partial charge in [-0.15, -0.1) is 0 Å². The maximum absolute atomic E-state index is 11.8. The zero-order valence-corrected chi connectivity index (χ0v) is 10.3. The van der Waals surface area contributed by atoms with Gasteiger partial charge in [0, 0.05) is 5.02 Å². The number of hydrogen-bond donors (Lipinski definition) is 1. The molecule has 18 heavy (non-hydrogen) atoms. The highest BCUT2D eigenvalue weighted by molar-refractivity contribution is 6.30. The lowest BCUT2D eigenvalue weighted by Gasteiger charge is -2.11. The van der Waals surface area contributed by atoms with Gasteiger partial charge in [0.2, 0.25) is 0 Å². The molecule has 0 radical (unpaired) electrons. The second kappa shape index (κ2) is 4.51. The summed E-state index contributed by atoms with van der Waals surface area (Å²) in [7, 11) is 0. The van der Waals surface area contributed by atoms with E-state index in [-0.39, 0.29) is 11.4 Å². The number of aromatic nitrogens is 2. The van der Waals surface area contributed by atoms with Crippen molar-refractivity contribution in [3.8, 4) is 11.8 Å².